The van der Waals surface area contributed by atoms with E-state index in [9.17, 15) is 0 Å². The van der Waals surface area contributed by atoms with Crippen LogP contribution in [0.1, 0.15) is 22.7 Å². The second kappa shape index (κ2) is 6.18. The van der Waals surface area contributed by atoms with E-state index >= 15 is 0 Å². The van der Waals surface area contributed by atoms with Gasteiger partial charge in [0.05, 0.1) is 6.04 Å². The van der Waals surface area contributed by atoms with Gasteiger partial charge in [0, 0.05) is 6.54 Å². The Morgan fingerprint density at radius 2 is 1.72 bits per heavy atom. The highest BCUT2D eigenvalue weighted by molar-refractivity contribution is 5.36. The molecule has 0 bridgehead atoms. The molecule has 0 aliphatic carbocycles. The van der Waals surface area contributed by atoms with Crippen molar-refractivity contribution in [2.75, 3.05) is 6.54 Å². The Labute approximate surface area is 109 Å². The van der Waals surface area contributed by atoms with E-state index in [1.165, 1.54) is 16.7 Å². The van der Waals surface area contributed by atoms with Crippen LogP contribution >= 0.6 is 0 Å². The smallest absolute Gasteiger partial charge is 0.0581 e. The molecule has 2 aromatic rings. The molecule has 1 atom stereocenters. The van der Waals surface area contributed by atoms with Crippen LogP contribution in [0.3, 0.4) is 0 Å². The third-order valence-electron chi connectivity index (χ3n) is 3.10. The molecule has 92 valence electrons. The molecular formula is C17H19N. The first-order valence-electron chi connectivity index (χ1n) is 6.27. The molecule has 0 amide bonds. The SMILES string of the molecule is C=CCNC(c1ccccc1)c1ccccc1C. The van der Waals surface area contributed by atoms with Gasteiger partial charge in [0.2, 0.25) is 0 Å². The Kier molecular flexibility index (Phi) is 4.32. The molecule has 18 heavy (non-hydrogen) atoms. The highest BCUT2D eigenvalue weighted by Gasteiger charge is 2.13. The first kappa shape index (κ1) is 12.6. The molecule has 0 radical (unpaired) electrons. The number of nitrogens with one attached hydrogen (secondary N) is 1. The summed E-state index contributed by atoms with van der Waals surface area (Å²) in [6, 6.07) is 19.3. The second-order valence-electron chi connectivity index (χ2n) is 4.40. The van der Waals surface area contributed by atoms with Crippen LogP contribution in [0.15, 0.2) is 67.3 Å². The lowest BCUT2D eigenvalue weighted by atomic mass is 9.95. The Balaban J connectivity index is 2.37. The van der Waals surface area contributed by atoms with Crippen LogP contribution in [0, 0.1) is 6.92 Å². The molecule has 2 rings (SSSR count). The Morgan fingerprint density at radius 3 is 2.39 bits per heavy atom. The van der Waals surface area contributed by atoms with Crippen molar-refractivity contribution in [2.24, 2.45) is 0 Å². The van der Waals surface area contributed by atoms with E-state index < -0.39 is 0 Å². The largest absolute Gasteiger partial charge is 0.303 e. The first-order chi connectivity index (χ1) is 8.83. The van der Waals surface area contributed by atoms with Crippen molar-refractivity contribution in [1.82, 2.24) is 5.32 Å². The number of rotatable bonds is 5. The summed E-state index contributed by atoms with van der Waals surface area (Å²) in [6.45, 7) is 6.73. The monoisotopic (exact) mass is 237 g/mol. The van der Waals surface area contributed by atoms with Gasteiger partial charge in [0.1, 0.15) is 0 Å². The van der Waals surface area contributed by atoms with Gasteiger partial charge in [0.15, 0.2) is 0 Å². The van der Waals surface area contributed by atoms with Crippen LogP contribution in [0.4, 0.5) is 0 Å². The van der Waals surface area contributed by atoms with Gasteiger partial charge < -0.3 is 5.32 Å². The predicted molar refractivity (Wildman–Crippen MR) is 77.7 cm³/mol. The maximum atomic E-state index is 3.78. The molecule has 1 heteroatoms. The summed E-state index contributed by atoms with van der Waals surface area (Å²) in [5, 5.41) is 3.52. The van der Waals surface area contributed by atoms with E-state index in [4.69, 9.17) is 0 Å². The molecule has 0 saturated heterocycles. The summed E-state index contributed by atoms with van der Waals surface area (Å²) in [6.07, 6.45) is 1.90. The van der Waals surface area contributed by atoms with Crippen molar-refractivity contribution < 1.29 is 0 Å². The van der Waals surface area contributed by atoms with Gasteiger partial charge in [-0.3, -0.25) is 0 Å². The zero-order chi connectivity index (χ0) is 12.8. The highest BCUT2D eigenvalue weighted by Crippen LogP contribution is 2.24. The fourth-order valence-corrected chi connectivity index (χ4v) is 2.16. The lowest BCUT2D eigenvalue weighted by molar-refractivity contribution is 0.649. The van der Waals surface area contributed by atoms with E-state index in [-0.39, 0.29) is 6.04 Å². The maximum Gasteiger partial charge on any atom is 0.0581 e. The van der Waals surface area contributed by atoms with Gasteiger partial charge in [-0.05, 0) is 23.6 Å². The molecule has 0 spiro atoms. The topological polar surface area (TPSA) is 12.0 Å². The van der Waals surface area contributed by atoms with Crippen LogP contribution in [0.2, 0.25) is 0 Å². The summed E-state index contributed by atoms with van der Waals surface area (Å²) < 4.78 is 0. The van der Waals surface area contributed by atoms with Crippen molar-refractivity contribution >= 4 is 0 Å². The average Bonchev–Trinajstić information content (AvgIpc) is 2.42. The molecule has 0 aromatic heterocycles. The molecule has 1 N–H and O–H groups in total. The number of hydrogen-bond acceptors (Lipinski definition) is 1. The van der Waals surface area contributed by atoms with Crippen molar-refractivity contribution in [3.63, 3.8) is 0 Å². The molecule has 0 aliphatic heterocycles. The second-order valence-corrected chi connectivity index (χ2v) is 4.40. The summed E-state index contributed by atoms with van der Waals surface area (Å²) in [7, 11) is 0. The minimum Gasteiger partial charge on any atom is -0.303 e. The fourth-order valence-electron chi connectivity index (χ4n) is 2.16. The Hall–Kier alpha value is -1.86. The van der Waals surface area contributed by atoms with Crippen LogP contribution < -0.4 is 5.32 Å². The molecule has 2 aromatic carbocycles. The highest BCUT2D eigenvalue weighted by atomic mass is 14.9. The van der Waals surface area contributed by atoms with Crippen molar-refractivity contribution in [1.29, 1.82) is 0 Å². The molecule has 1 unspecified atom stereocenters. The lowest BCUT2D eigenvalue weighted by Gasteiger charge is -2.21. The van der Waals surface area contributed by atoms with E-state index in [1.807, 2.05) is 12.1 Å². The third kappa shape index (κ3) is 2.88. The minimum absolute atomic E-state index is 0.227. The summed E-state index contributed by atoms with van der Waals surface area (Å²) in [5.74, 6) is 0. The van der Waals surface area contributed by atoms with E-state index in [0.717, 1.165) is 6.54 Å². The first-order valence-corrected chi connectivity index (χ1v) is 6.27. The van der Waals surface area contributed by atoms with Gasteiger partial charge in [-0.15, -0.1) is 6.58 Å². The normalized spacial score (nSPS) is 12.1. The van der Waals surface area contributed by atoms with Crippen molar-refractivity contribution in [2.45, 2.75) is 13.0 Å². The van der Waals surface area contributed by atoms with Crippen LogP contribution in [-0.4, -0.2) is 6.54 Å². The van der Waals surface area contributed by atoms with Gasteiger partial charge >= 0.3 is 0 Å². The van der Waals surface area contributed by atoms with Crippen LogP contribution in [0.5, 0.6) is 0 Å². The Bertz CT molecular complexity index is 502. The summed E-state index contributed by atoms with van der Waals surface area (Å²) in [4.78, 5) is 0. The van der Waals surface area contributed by atoms with Gasteiger partial charge in [0.25, 0.3) is 0 Å². The van der Waals surface area contributed by atoms with Gasteiger partial charge in [-0.25, -0.2) is 0 Å². The lowest BCUT2D eigenvalue weighted by Crippen LogP contribution is -2.23. The third-order valence-corrected chi connectivity index (χ3v) is 3.10. The number of hydrogen-bond donors (Lipinski definition) is 1. The van der Waals surface area contributed by atoms with Crippen molar-refractivity contribution in [3.8, 4) is 0 Å². The average molecular weight is 237 g/mol. The summed E-state index contributed by atoms with van der Waals surface area (Å²) >= 11 is 0. The van der Waals surface area contributed by atoms with E-state index in [0.29, 0.717) is 0 Å². The molecule has 0 saturated carbocycles. The van der Waals surface area contributed by atoms with Crippen LogP contribution in [0.25, 0.3) is 0 Å². The summed E-state index contributed by atoms with van der Waals surface area (Å²) in [5.41, 5.74) is 3.92. The zero-order valence-corrected chi connectivity index (χ0v) is 10.8. The molecule has 1 nitrogen and oxygen atoms in total. The predicted octanol–water partition coefficient (Wildman–Crippen LogP) is 3.86. The Morgan fingerprint density at radius 1 is 1.06 bits per heavy atom. The fraction of sp³-hybridized carbons (Fsp3) is 0.176. The maximum absolute atomic E-state index is 3.78. The zero-order valence-electron chi connectivity index (χ0n) is 10.8. The minimum atomic E-state index is 0.227. The molecule has 0 fully saturated rings. The molecule has 0 aliphatic rings. The number of aryl methyl sites for hydroxylation is 1. The van der Waals surface area contributed by atoms with Crippen molar-refractivity contribution in [3.05, 3.63) is 83.9 Å². The van der Waals surface area contributed by atoms with Crippen LogP contribution in [-0.2, 0) is 0 Å². The van der Waals surface area contributed by atoms with E-state index in [2.05, 4.69) is 67.4 Å². The van der Waals surface area contributed by atoms with Gasteiger partial charge in [-0.2, -0.15) is 0 Å². The number of benzene rings is 2. The standard InChI is InChI=1S/C17H19N/c1-3-13-18-17(15-10-5-4-6-11-15)16-12-8-7-9-14(16)2/h3-12,17-18H,1,13H2,2H3. The van der Waals surface area contributed by atoms with E-state index in [1.54, 1.807) is 0 Å². The van der Waals surface area contributed by atoms with Gasteiger partial charge in [-0.1, -0.05) is 60.7 Å². The quantitative estimate of drug-likeness (QED) is 0.779. The molecule has 0 heterocycles. The molecular weight excluding hydrogens is 218 g/mol.